The van der Waals surface area contributed by atoms with Gasteiger partial charge in [-0.1, -0.05) is 5.92 Å². The second-order valence-corrected chi connectivity index (χ2v) is 2.80. The molecule has 1 heterocycles. The predicted molar refractivity (Wildman–Crippen MR) is 50.9 cm³/mol. The van der Waals surface area contributed by atoms with Gasteiger partial charge in [0.1, 0.15) is 5.76 Å². The highest BCUT2D eigenvalue weighted by atomic mass is 16.4. The summed E-state index contributed by atoms with van der Waals surface area (Å²) in [6.45, 7) is 2.69. The Morgan fingerprint density at radius 3 is 3.00 bits per heavy atom. The van der Waals surface area contributed by atoms with Crippen LogP contribution < -0.4 is 5.32 Å². The number of carboxylic acid groups (broad SMARTS) is 1. The van der Waals surface area contributed by atoms with Crippen LogP contribution in [0, 0.1) is 19.3 Å². The topological polar surface area (TPSA) is 62.5 Å². The van der Waals surface area contributed by atoms with Crippen molar-refractivity contribution in [1.82, 2.24) is 5.32 Å². The van der Waals surface area contributed by atoms with Crippen LogP contribution in [0.5, 0.6) is 0 Å². The zero-order valence-electron chi connectivity index (χ0n) is 7.83. The van der Waals surface area contributed by atoms with Crippen LogP contribution >= 0.6 is 0 Å². The van der Waals surface area contributed by atoms with E-state index in [1.807, 2.05) is 0 Å². The molecule has 0 bridgehead atoms. The van der Waals surface area contributed by atoms with Gasteiger partial charge in [0, 0.05) is 12.1 Å². The van der Waals surface area contributed by atoms with Gasteiger partial charge in [0.2, 0.25) is 5.76 Å². The Balaban J connectivity index is 2.69. The molecule has 1 aromatic rings. The first-order valence-electron chi connectivity index (χ1n) is 4.12. The zero-order valence-corrected chi connectivity index (χ0v) is 7.83. The highest BCUT2D eigenvalue weighted by Gasteiger charge is 2.12. The molecule has 1 rings (SSSR count). The van der Waals surface area contributed by atoms with Crippen molar-refractivity contribution in [2.75, 3.05) is 6.54 Å². The van der Waals surface area contributed by atoms with E-state index in [0.717, 1.165) is 5.56 Å². The number of hydrogen-bond donors (Lipinski definition) is 2. The van der Waals surface area contributed by atoms with Crippen LogP contribution in [0.15, 0.2) is 10.5 Å². The maximum Gasteiger partial charge on any atom is 0.371 e. The van der Waals surface area contributed by atoms with E-state index in [1.54, 1.807) is 6.92 Å². The highest BCUT2D eigenvalue weighted by molar-refractivity contribution is 5.84. The summed E-state index contributed by atoms with van der Waals surface area (Å²) in [6.07, 6.45) is 5.05. The molecule has 0 aliphatic carbocycles. The van der Waals surface area contributed by atoms with Gasteiger partial charge >= 0.3 is 5.97 Å². The Morgan fingerprint density at radius 2 is 2.50 bits per heavy atom. The van der Waals surface area contributed by atoms with E-state index in [0.29, 0.717) is 18.8 Å². The van der Waals surface area contributed by atoms with Gasteiger partial charge in [-0.15, -0.1) is 6.42 Å². The molecule has 0 aliphatic heterocycles. The van der Waals surface area contributed by atoms with E-state index in [9.17, 15) is 4.79 Å². The van der Waals surface area contributed by atoms with Crippen molar-refractivity contribution >= 4 is 5.97 Å². The van der Waals surface area contributed by atoms with Crippen LogP contribution in [0.3, 0.4) is 0 Å². The standard InChI is InChI=1S/C10H11NO3/c1-3-4-11-6-8-5-9(10(12)13)14-7(8)2/h1,5,11H,4,6H2,2H3,(H,12,13). The first-order chi connectivity index (χ1) is 6.65. The third kappa shape index (κ3) is 2.38. The van der Waals surface area contributed by atoms with Gasteiger partial charge in [-0.05, 0) is 13.0 Å². The summed E-state index contributed by atoms with van der Waals surface area (Å²) in [6, 6.07) is 1.50. The molecule has 0 fully saturated rings. The van der Waals surface area contributed by atoms with Gasteiger partial charge in [-0.2, -0.15) is 0 Å². The van der Waals surface area contributed by atoms with E-state index >= 15 is 0 Å². The third-order valence-electron chi connectivity index (χ3n) is 1.77. The number of rotatable bonds is 4. The lowest BCUT2D eigenvalue weighted by Crippen LogP contribution is -2.12. The molecule has 0 spiro atoms. The average Bonchev–Trinajstić information content (AvgIpc) is 2.49. The van der Waals surface area contributed by atoms with Gasteiger partial charge in [-0.3, -0.25) is 0 Å². The molecule has 1 aromatic heterocycles. The molecule has 4 nitrogen and oxygen atoms in total. The van der Waals surface area contributed by atoms with Gasteiger partial charge in [0.05, 0.1) is 6.54 Å². The molecule has 0 atom stereocenters. The van der Waals surface area contributed by atoms with Crippen molar-refractivity contribution in [3.8, 4) is 12.3 Å². The molecule has 74 valence electrons. The Labute approximate surface area is 81.9 Å². The molecular weight excluding hydrogens is 182 g/mol. The van der Waals surface area contributed by atoms with Crippen molar-refractivity contribution in [3.63, 3.8) is 0 Å². The molecule has 0 unspecified atom stereocenters. The molecule has 0 saturated carbocycles. The third-order valence-corrected chi connectivity index (χ3v) is 1.77. The summed E-state index contributed by atoms with van der Waals surface area (Å²) in [5, 5.41) is 11.6. The number of furan rings is 1. The van der Waals surface area contributed by atoms with Crippen LogP contribution in [-0.4, -0.2) is 17.6 Å². The fourth-order valence-electron chi connectivity index (χ4n) is 1.07. The number of hydrogen-bond acceptors (Lipinski definition) is 3. The van der Waals surface area contributed by atoms with Crippen molar-refractivity contribution in [1.29, 1.82) is 0 Å². The van der Waals surface area contributed by atoms with Crippen LogP contribution in [0.2, 0.25) is 0 Å². The zero-order chi connectivity index (χ0) is 10.6. The van der Waals surface area contributed by atoms with Crippen LogP contribution in [0.1, 0.15) is 21.9 Å². The number of terminal acetylenes is 1. The molecular formula is C10H11NO3. The SMILES string of the molecule is C#CCNCc1cc(C(=O)O)oc1C. The van der Waals surface area contributed by atoms with E-state index in [4.69, 9.17) is 15.9 Å². The Kier molecular flexibility index (Phi) is 3.32. The van der Waals surface area contributed by atoms with E-state index < -0.39 is 5.97 Å². The van der Waals surface area contributed by atoms with E-state index in [1.165, 1.54) is 6.07 Å². The maximum absolute atomic E-state index is 10.5. The van der Waals surface area contributed by atoms with E-state index in [2.05, 4.69) is 11.2 Å². The Morgan fingerprint density at radius 1 is 1.79 bits per heavy atom. The number of carboxylic acids is 1. The van der Waals surface area contributed by atoms with Crippen molar-refractivity contribution < 1.29 is 14.3 Å². The first-order valence-corrected chi connectivity index (χ1v) is 4.12. The van der Waals surface area contributed by atoms with Crippen molar-refractivity contribution in [2.45, 2.75) is 13.5 Å². The molecule has 2 N–H and O–H groups in total. The highest BCUT2D eigenvalue weighted by Crippen LogP contribution is 2.14. The largest absolute Gasteiger partial charge is 0.475 e. The fraction of sp³-hybridized carbons (Fsp3) is 0.300. The minimum Gasteiger partial charge on any atom is -0.475 e. The lowest BCUT2D eigenvalue weighted by molar-refractivity contribution is 0.0661. The summed E-state index contributed by atoms with van der Waals surface area (Å²) in [5.74, 6) is 1.93. The molecule has 0 aromatic carbocycles. The maximum atomic E-state index is 10.5. The smallest absolute Gasteiger partial charge is 0.371 e. The number of aromatic carboxylic acids is 1. The number of aryl methyl sites for hydroxylation is 1. The van der Waals surface area contributed by atoms with E-state index in [-0.39, 0.29) is 5.76 Å². The lowest BCUT2D eigenvalue weighted by Gasteiger charge is -1.97. The van der Waals surface area contributed by atoms with Gasteiger partial charge in [0.15, 0.2) is 0 Å². The van der Waals surface area contributed by atoms with Crippen molar-refractivity contribution in [3.05, 3.63) is 23.2 Å². The Bertz CT molecular complexity index is 373. The normalized spacial score (nSPS) is 9.71. The molecule has 0 saturated heterocycles. The number of carbonyl (C=O) groups is 1. The molecule has 14 heavy (non-hydrogen) atoms. The summed E-state index contributed by atoms with van der Waals surface area (Å²) < 4.78 is 5.02. The minimum atomic E-state index is -1.06. The number of nitrogens with one attached hydrogen (secondary N) is 1. The van der Waals surface area contributed by atoms with Crippen molar-refractivity contribution in [2.24, 2.45) is 0 Å². The summed E-state index contributed by atoms with van der Waals surface area (Å²) in [4.78, 5) is 10.5. The predicted octanol–water partition coefficient (Wildman–Crippen LogP) is 1.01. The van der Waals surface area contributed by atoms with Crippen LogP contribution in [-0.2, 0) is 6.54 Å². The van der Waals surface area contributed by atoms with Crippen LogP contribution in [0.25, 0.3) is 0 Å². The fourth-order valence-corrected chi connectivity index (χ4v) is 1.07. The summed E-state index contributed by atoms with van der Waals surface area (Å²) >= 11 is 0. The second kappa shape index (κ2) is 4.49. The van der Waals surface area contributed by atoms with Gasteiger partial charge in [0.25, 0.3) is 0 Å². The molecule has 4 heteroatoms. The summed E-state index contributed by atoms with van der Waals surface area (Å²) in [5.41, 5.74) is 0.817. The second-order valence-electron chi connectivity index (χ2n) is 2.80. The monoisotopic (exact) mass is 193 g/mol. The average molecular weight is 193 g/mol. The molecule has 0 aliphatic rings. The quantitative estimate of drug-likeness (QED) is 0.553. The van der Waals surface area contributed by atoms with Gasteiger partial charge < -0.3 is 14.8 Å². The Hall–Kier alpha value is -1.73. The summed E-state index contributed by atoms with van der Waals surface area (Å²) in [7, 11) is 0. The first kappa shape index (κ1) is 10.4. The van der Waals surface area contributed by atoms with Gasteiger partial charge in [-0.25, -0.2) is 4.79 Å². The lowest BCUT2D eigenvalue weighted by atomic mass is 10.2. The van der Waals surface area contributed by atoms with Crippen LogP contribution in [0.4, 0.5) is 0 Å². The molecule has 0 radical (unpaired) electrons. The minimum absolute atomic E-state index is 0.0417. The molecule has 0 amide bonds.